The van der Waals surface area contributed by atoms with Gasteiger partial charge in [0.1, 0.15) is 5.75 Å². The number of aryl methyl sites for hydroxylation is 1. The Labute approximate surface area is 87.4 Å². The lowest BCUT2D eigenvalue weighted by molar-refractivity contribution is -0.136. The zero-order chi connectivity index (χ0) is 10.7. The van der Waals surface area contributed by atoms with Crippen molar-refractivity contribution in [2.75, 3.05) is 6.79 Å². The predicted molar refractivity (Wildman–Crippen MR) is 52.7 cm³/mol. The fraction of sp³-hybridized carbons (Fsp3) is 0.364. The molecule has 1 heterocycles. The number of fused-ring (bicyclic) bond motifs is 1. The first-order chi connectivity index (χ1) is 7.25. The van der Waals surface area contributed by atoms with Crippen LogP contribution in [0.15, 0.2) is 18.2 Å². The van der Waals surface area contributed by atoms with E-state index in [9.17, 15) is 4.79 Å². The van der Waals surface area contributed by atoms with Crippen LogP contribution < -0.4 is 4.74 Å². The van der Waals surface area contributed by atoms with Gasteiger partial charge in [-0.15, -0.1) is 0 Å². The standard InChI is InChI=1S/C11H12O4/c12-11(13)4-2-8-1-3-10-9(5-8)6-14-7-15-10/h1,3,5H,2,4,6-7H2,(H,12,13). The van der Waals surface area contributed by atoms with Crippen LogP contribution in [-0.2, 0) is 22.6 Å². The monoisotopic (exact) mass is 208 g/mol. The van der Waals surface area contributed by atoms with Gasteiger partial charge in [0.25, 0.3) is 0 Å². The van der Waals surface area contributed by atoms with Crippen molar-refractivity contribution in [3.05, 3.63) is 29.3 Å². The van der Waals surface area contributed by atoms with Gasteiger partial charge in [-0.25, -0.2) is 0 Å². The van der Waals surface area contributed by atoms with Crippen LogP contribution in [0.5, 0.6) is 5.75 Å². The molecule has 0 aromatic heterocycles. The molecule has 80 valence electrons. The Bertz CT molecular complexity index is 373. The van der Waals surface area contributed by atoms with Crippen molar-refractivity contribution in [3.63, 3.8) is 0 Å². The molecule has 0 spiro atoms. The average Bonchev–Trinajstić information content (AvgIpc) is 2.26. The molecule has 4 nitrogen and oxygen atoms in total. The molecule has 1 aliphatic rings. The fourth-order valence-corrected chi connectivity index (χ4v) is 1.55. The van der Waals surface area contributed by atoms with E-state index in [4.69, 9.17) is 14.6 Å². The van der Waals surface area contributed by atoms with E-state index in [-0.39, 0.29) is 6.42 Å². The van der Waals surface area contributed by atoms with Gasteiger partial charge in [-0.05, 0) is 24.1 Å². The summed E-state index contributed by atoms with van der Waals surface area (Å²) in [5.74, 6) is 0.0561. The highest BCUT2D eigenvalue weighted by Crippen LogP contribution is 2.24. The topological polar surface area (TPSA) is 55.8 Å². The summed E-state index contributed by atoms with van der Waals surface area (Å²) in [7, 11) is 0. The highest BCUT2D eigenvalue weighted by atomic mass is 16.7. The first-order valence-electron chi connectivity index (χ1n) is 4.80. The van der Waals surface area contributed by atoms with Gasteiger partial charge in [-0.2, -0.15) is 0 Å². The molecule has 0 bridgehead atoms. The summed E-state index contributed by atoms with van der Waals surface area (Å²) in [6.07, 6.45) is 0.698. The van der Waals surface area contributed by atoms with Gasteiger partial charge in [0.2, 0.25) is 0 Å². The maximum absolute atomic E-state index is 10.4. The van der Waals surface area contributed by atoms with Gasteiger partial charge in [0.15, 0.2) is 6.79 Å². The summed E-state index contributed by atoms with van der Waals surface area (Å²) >= 11 is 0. The quantitative estimate of drug-likeness (QED) is 0.819. The molecule has 0 atom stereocenters. The molecule has 0 saturated heterocycles. The van der Waals surface area contributed by atoms with E-state index in [1.54, 1.807) is 0 Å². The van der Waals surface area contributed by atoms with Crippen LogP contribution in [0, 0.1) is 0 Å². The molecule has 0 fully saturated rings. The first-order valence-corrected chi connectivity index (χ1v) is 4.80. The van der Waals surface area contributed by atoms with Crippen LogP contribution in [0.1, 0.15) is 17.5 Å². The number of carboxylic acid groups (broad SMARTS) is 1. The largest absolute Gasteiger partial charge is 0.481 e. The summed E-state index contributed by atoms with van der Waals surface area (Å²) in [4.78, 5) is 10.4. The number of carbonyl (C=O) groups is 1. The van der Waals surface area contributed by atoms with E-state index in [0.29, 0.717) is 19.8 Å². The van der Waals surface area contributed by atoms with Crippen molar-refractivity contribution in [1.29, 1.82) is 0 Å². The van der Waals surface area contributed by atoms with E-state index in [1.807, 2.05) is 18.2 Å². The summed E-state index contributed by atoms with van der Waals surface area (Å²) < 4.78 is 10.4. The summed E-state index contributed by atoms with van der Waals surface area (Å²) in [6.45, 7) is 0.831. The van der Waals surface area contributed by atoms with Gasteiger partial charge < -0.3 is 14.6 Å². The highest BCUT2D eigenvalue weighted by molar-refractivity contribution is 5.67. The van der Waals surface area contributed by atoms with E-state index in [1.165, 1.54) is 0 Å². The Morgan fingerprint density at radius 3 is 3.13 bits per heavy atom. The van der Waals surface area contributed by atoms with Crippen molar-refractivity contribution >= 4 is 5.97 Å². The molecule has 15 heavy (non-hydrogen) atoms. The molecular formula is C11H12O4. The summed E-state index contributed by atoms with van der Waals surface area (Å²) in [5, 5.41) is 8.56. The van der Waals surface area contributed by atoms with E-state index < -0.39 is 5.97 Å². The van der Waals surface area contributed by atoms with E-state index in [0.717, 1.165) is 16.9 Å². The zero-order valence-electron chi connectivity index (χ0n) is 8.23. The number of ether oxygens (including phenoxy) is 2. The SMILES string of the molecule is O=C(O)CCc1ccc2c(c1)COCO2. The molecule has 0 radical (unpaired) electrons. The Morgan fingerprint density at radius 1 is 1.47 bits per heavy atom. The van der Waals surface area contributed by atoms with Crippen molar-refractivity contribution in [2.24, 2.45) is 0 Å². The van der Waals surface area contributed by atoms with Crippen molar-refractivity contribution in [1.82, 2.24) is 0 Å². The molecule has 0 aliphatic carbocycles. The lowest BCUT2D eigenvalue weighted by Gasteiger charge is -2.18. The van der Waals surface area contributed by atoms with Crippen LogP contribution >= 0.6 is 0 Å². The third-order valence-corrected chi connectivity index (χ3v) is 2.31. The number of hydrogen-bond acceptors (Lipinski definition) is 3. The highest BCUT2D eigenvalue weighted by Gasteiger charge is 2.10. The summed E-state index contributed by atoms with van der Waals surface area (Å²) in [5.41, 5.74) is 1.99. The predicted octanol–water partition coefficient (Wildman–Crippen LogP) is 1.57. The second-order valence-electron chi connectivity index (χ2n) is 3.45. The fourth-order valence-electron chi connectivity index (χ4n) is 1.55. The van der Waals surface area contributed by atoms with Crippen LogP contribution in [0.4, 0.5) is 0 Å². The molecule has 1 aromatic rings. The van der Waals surface area contributed by atoms with E-state index >= 15 is 0 Å². The van der Waals surface area contributed by atoms with Gasteiger partial charge in [0.05, 0.1) is 6.61 Å². The minimum absolute atomic E-state index is 0.153. The summed E-state index contributed by atoms with van der Waals surface area (Å²) in [6, 6.07) is 5.71. The van der Waals surface area contributed by atoms with Crippen LogP contribution in [0.2, 0.25) is 0 Å². The van der Waals surface area contributed by atoms with Crippen LogP contribution in [0.3, 0.4) is 0 Å². The minimum Gasteiger partial charge on any atom is -0.481 e. The van der Waals surface area contributed by atoms with Crippen molar-refractivity contribution < 1.29 is 19.4 Å². The maximum Gasteiger partial charge on any atom is 0.303 e. The Balaban J connectivity index is 2.10. The lowest BCUT2D eigenvalue weighted by atomic mass is 10.1. The lowest BCUT2D eigenvalue weighted by Crippen LogP contribution is -2.11. The van der Waals surface area contributed by atoms with E-state index in [2.05, 4.69) is 0 Å². The van der Waals surface area contributed by atoms with Gasteiger partial charge >= 0.3 is 5.97 Å². The number of carboxylic acids is 1. The Hall–Kier alpha value is -1.55. The second-order valence-corrected chi connectivity index (χ2v) is 3.45. The molecule has 2 rings (SSSR count). The molecule has 1 N–H and O–H groups in total. The molecule has 0 saturated carbocycles. The number of rotatable bonds is 3. The van der Waals surface area contributed by atoms with Gasteiger partial charge in [-0.1, -0.05) is 6.07 Å². The third-order valence-electron chi connectivity index (χ3n) is 2.31. The van der Waals surface area contributed by atoms with Crippen LogP contribution in [-0.4, -0.2) is 17.9 Å². The number of hydrogen-bond donors (Lipinski definition) is 1. The molecule has 0 unspecified atom stereocenters. The maximum atomic E-state index is 10.4. The average molecular weight is 208 g/mol. The van der Waals surface area contributed by atoms with Gasteiger partial charge in [0, 0.05) is 12.0 Å². The second kappa shape index (κ2) is 4.31. The molecule has 1 aromatic carbocycles. The van der Waals surface area contributed by atoms with Crippen molar-refractivity contribution in [3.8, 4) is 5.75 Å². The van der Waals surface area contributed by atoms with Crippen molar-refractivity contribution in [2.45, 2.75) is 19.4 Å². The first kappa shape index (κ1) is 9.98. The number of aliphatic carboxylic acids is 1. The molecule has 4 heteroatoms. The van der Waals surface area contributed by atoms with Crippen LogP contribution in [0.25, 0.3) is 0 Å². The zero-order valence-corrected chi connectivity index (χ0v) is 8.23. The molecular weight excluding hydrogens is 196 g/mol. The Morgan fingerprint density at radius 2 is 2.33 bits per heavy atom. The minimum atomic E-state index is -0.778. The molecule has 0 amide bonds. The molecule has 1 aliphatic heterocycles. The normalized spacial score (nSPS) is 14.1. The third kappa shape index (κ3) is 2.47. The smallest absolute Gasteiger partial charge is 0.303 e. The van der Waals surface area contributed by atoms with Gasteiger partial charge in [-0.3, -0.25) is 4.79 Å². The Kier molecular flexibility index (Phi) is 2.87. The number of benzene rings is 1.